The Morgan fingerprint density at radius 1 is 1.21 bits per heavy atom. The third-order valence-corrected chi connectivity index (χ3v) is 4.50. The molecule has 0 atom stereocenters. The molecule has 124 valence electrons. The maximum atomic E-state index is 13.6. The highest BCUT2D eigenvalue weighted by Crippen LogP contribution is 2.31. The van der Waals surface area contributed by atoms with Gasteiger partial charge in [-0.3, -0.25) is 4.79 Å². The van der Waals surface area contributed by atoms with Crippen LogP contribution in [0.5, 0.6) is 0 Å². The van der Waals surface area contributed by atoms with Crippen LogP contribution in [0.15, 0.2) is 48.7 Å². The van der Waals surface area contributed by atoms with E-state index < -0.39 is 5.41 Å². The molecule has 0 aliphatic carbocycles. The summed E-state index contributed by atoms with van der Waals surface area (Å²) in [5, 5.41) is 4.32. The fourth-order valence-electron chi connectivity index (χ4n) is 2.74. The summed E-state index contributed by atoms with van der Waals surface area (Å²) in [6, 6.07) is 11.8. The van der Waals surface area contributed by atoms with Crippen molar-refractivity contribution in [2.45, 2.75) is 25.8 Å². The van der Waals surface area contributed by atoms with E-state index in [0.29, 0.717) is 11.6 Å². The first kappa shape index (κ1) is 16.5. The van der Waals surface area contributed by atoms with E-state index >= 15 is 0 Å². The van der Waals surface area contributed by atoms with Crippen molar-refractivity contribution in [2.24, 2.45) is 0 Å². The van der Waals surface area contributed by atoms with Crippen LogP contribution in [0.3, 0.4) is 0 Å². The Labute approximate surface area is 144 Å². The van der Waals surface area contributed by atoms with Crippen LogP contribution in [0.25, 0.3) is 10.9 Å². The molecule has 2 aromatic carbocycles. The summed E-state index contributed by atoms with van der Waals surface area (Å²) >= 11 is 5.86. The van der Waals surface area contributed by atoms with Crippen molar-refractivity contribution in [3.05, 3.63) is 70.6 Å². The highest BCUT2D eigenvalue weighted by atomic mass is 35.5. The first-order valence-electron chi connectivity index (χ1n) is 7.68. The van der Waals surface area contributed by atoms with Crippen molar-refractivity contribution in [2.75, 3.05) is 0 Å². The number of rotatable bonds is 4. The van der Waals surface area contributed by atoms with Crippen LogP contribution in [0.1, 0.15) is 25.0 Å². The molecule has 1 heterocycles. The van der Waals surface area contributed by atoms with Crippen LogP contribution in [0.4, 0.5) is 4.39 Å². The molecule has 24 heavy (non-hydrogen) atoms. The van der Waals surface area contributed by atoms with Gasteiger partial charge in [0.2, 0.25) is 5.91 Å². The van der Waals surface area contributed by atoms with Crippen molar-refractivity contribution < 1.29 is 9.18 Å². The van der Waals surface area contributed by atoms with Gasteiger partial charge >= 0.3 is 0 Å². The minimum atomic E-state index is -0.793. The molecule has 0 fully saturated rings. The van der Waals surface area contributed by atoms with Gasteiger partial charge in [-0.25, -0.2) is 4.39 Å². The monoisotopic (exact) mass is 344 g/mol. The lowest BCUT2D eigenvalue weighted by Crippen LogP contribution is -2.39. The van der Waals surface area contributed by atoms with E-state index in [0.717, 1.165) is 22.0 Å². The minimum absolute atomic E-state index is 0.123. The molecule has 0 saturated heterocycles. The molecule has 0 unspecified atom stereocenters. The number of benzene rings is 2. The third kappa shape index (κ3) is 3.15. The average molecular weight is 345 g/mol. The molecule has 3 nitrogen and oxygen atoms in total. The number of hydrogen-bond acceptors (Lipinski definition) is 1. The Kier molecular flexibility index (Phi) is 4.33. The fourth-order valence-corrected chi connectivity index (χ4v) is 2.86. The van der Waals surface area contributed by atoms with Crippen molar-refractivity contribution >= 4 is 28.4 Å². The second kappa shape index (κ2) is 6.29. The van der Waals surface area contributed by atoms with Gasteiger partial charge < -0.3 is 10.3 Å². The summed E-state index contributed by atoms with van der Waals surface area (Å²) in [7, 11) is 0. The Hall–Kier alpha value is -2.33. The van der Waals surface area contributed by atoms with E-state index in [4.69, 9.17) is 11.6 Å². The van der Waals surface area contributed by atoms with Crippen LogP contribution in [-0.4, -0.2) is 10.9 Å². The predicted octanol–water partition coefficient (Wildman–Crippen LogP) is 4.55. The van der Waals surface area contributed by atoms with Gasteiger partial charge in [0.15, 0.2) is 0 Å². The number of fused-ring (bicyclic) bond motifs is 1. The molecule has 2 N–H and O–H groups in total. The molecule has 3 aromatic rings. The molecule has 1 aromatic heterocycles. The fraction of sp³-hybridized carbons (Fsp3) is 0.211. The van der Waals surface area contributed by atoms with Crippen LogP contribution >= 0.6 is 11.6 Å². The second-order valence-corrected chi connectivity index (χ2v) is 6.76. The van der Waals surface area contributed by atoms with Crippen molar-refractivity contribution in [3.63, 3.8) is 0 Å². The Bertz CT molecular complexity index is 884. The first-order valence-corrected chi connectivity index (χ1v) is 8.05. The molecule has 3 rings (SSSR count). The zero-order chi connectivity index (χ0) is 17.3. The number of amides is 1. The second-order valence-electron chi connectivity index (χ2n) is 6.33. The standard InChI is InChI=1S/C19H18ClFN2O/c1-19(2,16-11-22-17-8-7-14(21)9-15(16)17)18(24)23-10-12-3-5-13(20)6-4-12/h3-9,11,22H,10H2,1-2H3,(H,23,24). The van der Waals surface area contributed by atoms with E-state index in [-0.39, 0.29) is 11.7 Å². The quantitative estimate of drug-likeness (QED) is 0.716. The summed E-state index contributed by atoms with van der Waals surface area (Å²) in [6.07, 6.45) is 1.77. The summed E-state index contributed by atoms with van der Waals surface area (Å²) < 4.78 is 13.6. The van der Waals surface area contributed by atoms with Gasteiger partial charge in [0.25, 0.3) is 0 Å². The van der Waals surface area contributed by atoms with E-state index in [2.05, 4.69) is 10.3 Å². The molecule has 1 amide bonds. The molecule has 0 radical (unpaired) electrons. The lowest BCUT2D eigenvalue weighted by atomic mass is 9.83. The average Bonchev–Trinajstić information content (AvgIpc) is 2.97. The number of carbonyl (C=O) groups excluding carboxylic acids is 1. The zero-order valence-electron chi connectivity index (χ0n) is 13.5. The molecule has 0 aliphatic rings. The van der Waals surface area contributed by atoms with E-state index in [1.165, 1.54) is 12.1 Å². The molecular weight excluding hydrogens is 327 g/mol. The molecule has 0 aliphatic heterocycles. The summed E-state index contributed by atoms with van der Waals surface area (Å²) in [5.74, 6) is -0.441. The number of carbonyl (C=O) groups is 1. The number of aromatic nitrogens is 1. The topological polar surface area (TPSA) is 44.9 Å². The van der Waals surface area contributed by atoms with Gasteiger partial charge in [0.1, 0.15) is 5.82 Å². The molecular formula is C19H18ClFN2O. The van der Waals surface area contributed by atoms with Gasteiger partial charge in [-0.2, -0.15) is 0 Å². The van der Waals surface area contributed by atoms with Crippen LogP contribution in [0.2, 0.25) is 5.02 Å². The van der Waals surface area contributed by atoms with Crippen LogP contribution < -0.4 is 5.32 Å². The van der Waals surface area contributed by atoms with Crippen LogP contribution in [0, 0.1) is 5.82 Å². The normalized spacial score (nSPS) is 11.7. The number of halogens is 2. The lowest BCUT2D eigenvalue weighted by Gasteiger charge is -2.23. The maximum absolute atomic E-state index is 13.6. The number of hydrogen-bond donors (Lipinski definition) is 2. The molecule has 0 saturated carbocycles. The smallest absolute Gasteiger partial charge is 0.230 e. The van der Waals surface area contributed by atoms with E-state index in [1.807, 2.05) is 26.0 Å². The zero-order valence-corrected chi connectivity index (χ0v) is 14.2. The number of H-pyrrole nitrogens is 1. The molecule has 0 bridgehead atoms. The van der Waals surface area contributed by atoms with E-state index in [9.17, 15) is 9.18 Å². The third-order valence-electron chi connectivity index (χ3n) is 4.25. The van der Waals surface area contributed by atoms with Crippen LogP contribution in [-0.2, 0) is 16.8 Å². The summed E-state index contributed by atoms with van der Waals surface area (Å²) in [4.78, 5) is 15.8. The van der Waals surface area contributed by atoms with Gasteiger partial charge in [-0.15, -0.1) is 0 Å². The molecule has 5 heteroatoms. The van der Waals surface area contributed by atoms with Gasteiger partial charge in [0, 0.05) is 28.7 Å². The largest absolute Gasteiger partial charge is 0.361 e. The Morgan fingerprint density at radius 3 is 2.62 bits per heavy atom. The summed E-state index contributed by atoms with van der Waals surface area (Å²) in [5.41, 5.74) is 1.75. The molecule has 0 spiro atoms. The van der Waals surface area contributed by atoms with Crippen molar-refractivity contribution in [1.82, 2.24) is 10.3 Å². The van der Waals surface area contributed by atoms with E-state index in [1.54, 1.807) is 24.4 Å². The van der Waals surface area contributed by atoms with Crippen molar-refractivity contribution in [3.8, 4) is 0 Å². The maximum Gasteiger partial charge on any atom is 0.230 e. The van der Waals surface area contributed by atoms with Gasteiger partial charge in [-0.05, 0) is 55.3 Å². The first-order chi connectivity index (χ1) is 11.4. The SMILES string of the molecule is CC(C)(C(=O)NCc1ccc(Cl)cc1)c1c[nH]c2ccc(F)cc12. The Balaban J connectivity index is 1.81. The Morgan fingerprint density at radius 2 is 1.92 bits per heavy atom. The minimum Gasteiger partial charge on any atom is -0.361 e. The predicted molar refractivity (Wildman–Crippen MR) is 94.6 cm³/mol. The lowest BCUT2D eigenvalue weighted by molar-refractivity contribution is -0.125. The number of nitrogens with one attached hydrogen (secondary N) is 2. The highest BCUT2D eigenvalue weighted by Gasteiger charge is 2.32. The summed E-state index contributed by atoms with van der Waals surface area (Å²) in [6.45, 7) is 4.07. The number of aromatic amines is 1. The van der Waals surface area contributed by atoms with Gasteiger partial charge in [0.05, 0.1) is 5.41 Å². The highest BCUT2D eigenvalue weighted by molar-refractivity contribution is 6.30. The van der Waals surface area contributed by atoms with Crippen molar-refractivity contribution in [1.29, 1.82) is 0 Å². The van der Waals surface area contributed by atoms with Gasteiger partial charge in [-0.1, -0.05) is 23.7 Å².